The summed E-state index contributed by atoms with van der Waals surface area (Å²) in [5, 5.41) is 14.1. The Balaban J connectivity index is 1.50. The maximum absolute atomic E-state index is 12.8. The molecule has 170 valence electrons. The number of hydrogen-bond acceptors (Lipinski definition) is 4. The number of nitrogens with one attached hydrogen (secondary N) is 2. The Morgan fingerprint density at radius 2 is 1.69 bits per heavy atom. The second kappa shape index (κ2) is 9.68. The van der Waals surface area contributed by atoms with Gasteiger partial charge in [-0.2, -0.15) is 13.2 Å². The van der Waals surface area contributed by atoms with Gasteiger partial charge in [0.2, 0.25) is 15.9 Å². The minimum Gasteiger partial charge on any atom is -0.387 e. The van der Waals surface area contributed by atoms with Crippen LogP contribution in [0.4, 0.5) is 13.2 Å². The molecule has 1 amide bonds. The van der Waals surface area contributed by atoms with Crippen molar-refractivity contribution in [2.75, 3.05) is 13.1 Å². The van der Waals surface area contributed by atoms with Gasteiger partial charge in [-0.3, -0.25) is 4.79 Å². The number of benzene rings is 3. The van der Waals surface area contributed by atoms with Crippen LogP contribution >= 0.6 is 0 Å². The number of amides is 1. The molecule has 0 saturated carbocycles. The van der Waals surface area contributed by atoms with Gasteiger partial charge in [-0.05, 0) is 40.6 Å². The van der Waals surface area contributed by atoms with Crippen molar-refractivity contribution in [3.05, 3.63) is 77.9 Å². The first-order valence-electron chi connectivity index (χ1n) is 9.67. The highest BCUT2D eigenvalue weighted by molar-refractivity contribution is 7.89. The Hall–Kier alpha value is -2.95. The molecule has 0 aromatic heterocycles. The molecule has 0 aliphatic heterocycles. The monoisotopic (exact) mass is 466 g/mol. The van der Waals surface area contributed by atoms with E-state index in [0.29, 0.717) is 0 Å². The fourth-order valence-corrected chi connectivity index (χ4v) is 4.12. The molecule has 3 rings (SSSR count). The van der Waals surface area contributed by atoms with E-state index in [1.807, 2.05) is 12.1 Å². The van der Waals surface area contributed by atoms with E-state index in [1.165, 1.54) is 24.3 Å². The number of halogens is 3. The molecule has 32 heavy (non-hydrogen) atoms. The summed E-state index contributed by atoms with van der Waals surface area (Å²) in [5.74, 6) is -0.558. The SMILES string of the molecule is O=C(CCNS(=O)(=O)c1ccc2ccccc2c1)NCC(O)c1cccc(C(F)(F)F)c1. The van der Waals surface area contributed by atoms with E-state index in [-0.39, 0.29) is 30.0 Å². The van der Waals surface area contributed by atoms with Crippen LogP contribution in [0.5, 0.6) is 0 Å². The van der Waals surface area contributed by atoms with E-state index >= 15 is 0 Å². The van der Waals surface area contributed by atoms with Crippen molar-refractivity contribution in [1.82, 2.24) is 10.0 Å². The normalized spacial score (nSPS) is 13.1. The van der Waals surface area contributed by atoms with Gasteiger partial charge in [-0.15, -0.1) is 0 Å². The van der Waals surface area contributed by atoms with E-state index in [4.69, 9.17) is 0 Å². The lowest BCUT2D eigenvalue weighted by molar-refractivity contribution is -0.137. The Kier molecular flexibility index (Phi) is 7.17. The lowest BCUT2D eigenvalue weighted by Crippen LogP contribution is -2.32. The topological polar surface area (TPSA) is 95.5 Å². The number of rotatable bonds is 8. The van der Waals surface area contributed by atoms with Crippen molar-refractivity contribution >= 4 is 26.7 Å². The molecular weight excluding hydrogens is 445 g/mol. The molecule has 0 aliphatic carbocycles. The molecule has 0 bridgehead atoms. The number of aliphatic hydroxyl groups is 1. The van der Waals surface area contributed by atoms with Crippen molar-refractivity contribution in [3.8, 4) is 0 Å². The summed E-state index contributed by atoms with van der Waals surface area (Å²) in [6, 6.07) is 16.2. The standard InChI is InChI=1S/C22H21F3N2O4S/c23-22(24,25)18-7-3-6-17(12-18)20(28)14-26-21(29)10-11-27-32(30,31)19-9-8-15-4-1-2-5-16(15)13-19/h1-9,12-13,20,27-28H,10-11,14H2,(H,26,29). The van der Waals surface area contributed by atoms with Gasteiger partial charge in [-0.1, -0.05) is 42.5 Å². The van der Waals surface area contributed by atoms with E-state index in [9.17, 15) is 31.5 Å². The number of fused-ring (bicyclic) bond motifs is 1. The largest absolute Gasteiger partial charge is 0.416 e. The highest BCUT2D eigenvalue weighted by Gasteiger charge is 2.30. The van der Waals surface area contributed by atoms with Crippen molar-refractivity contribution in [1.29, 1.82) is 0 Å². The predicted octanol–water partition coefficient (Wildman–Crippen LogP) is 3.38. The fraction of sp³-hybridized carbons (Fsp3) is 0.227. The lowest BCUT2D eigenvalue weighted by Gasteiger charge is -2.14. The zero-order chi connectivity index (χ0) is 23.4. The molecule has 3 aromatic rings. The lowest BCUT2D eigenvalue weighted by atomic mass is 10.1. The van der Waals surface area contributed by atoms with E-state index in [2.05, 4.69) is 10.0 Å². The third-order valence-corrected chi connectivity index (χ3v) is 6.23. The van der Waals surface area contributed by atoms with Crippen molar-refractivity contribution in [2.24, 2.45) is 0 Å². The molecule has 10 heteroatoms. The van der Waals surface area contributed by atoms with Gasteiger partial charge in [0.15, 0.2) is 0 Å². The Bertz CT molecular complexity index is 1210. The summed E-state index contributed by atoms with van der Waals surface area (Å²) in [7, 11) is -3.83. The minimum absolute atomic E-state index is 0.0112. The molecule has 0 spiro atoms. The van der Waals surface area contributed by atoms with Gasteiger partial charge in [-0.25, -0.2) is 13.1 Å². The summed E-state index contributed by atoms with van der Waals surface area (Å²) < 4.78 is 65.6. The summed E-state index contributed by atoms with van der Waals surface area (Å²) in [6.45, 7) is -0.488. The maximum atomic E-state index is 12.8. The molecule has 0 radical (unpaired) electrons. The summed E-state index contributed by atoms with van der Waals surface area (Å²) in [6.07, 6.45) is -6.08. The number of sulfonamides is 1. The first kappa shape index (κ1) is 23.7. The average molecular weight is 466 g/mol. The van der Waals surface area contributed by atoms with Gasteiger partial charge in [0, 0.05) is 19.5 Å². The minimum atomic E-state index is -4.54. The molecule has 3 N–H and O–H groups in total. The Labute approximate surface area is 183 Å². The quantitative estimate of drug-likeness (QED) is 0.474. The number of hydrogen-bond donors (Lipinski definition) is 3. The first-order valence-corrected chi connectivity index (χ1v) is 11.1. The third-order valence-electron chi connectivity index (χ3n) is 4.77. The highest BCUT2D eigenvalue weighted by atomic mass is 32.2. The molecule has 0 fully saturated rings. The van der Waals surface area contributed by atoms with Gasteiger partial charge in [0.05, 0.1) is 16.6 Å². The van der Waals surface area contributed by atoms with Crippen LogP contribution in [0.15, 0.2) is 71.6 Å². The molecule has 1 unspecified atom stereocenters. The molecular formula is C22H21F3N2O4S. The number of carbonyl (C=O) groups excluding carboxylic acids is 1. The van der Waals surface area contributed by atoms with Crippen LogP contribution in [0.25, 0.3) is 10.8 Å². The summed E-state index contributed by atoms with van der Waals surface area (Å²) in [4.78, 5) is 12.0. The van der Waals surface area contributed by atoms with E-state index < -0.39 is 33.8 Å². The Morgan fingerprint density at radius 3 is 2.41 bits per heavy atom. The number of aliphatic hydroxyl groups excluding tert-OH is 1. The van der Waals surface area contributed by atoms with Crippen LogP contribution in [0.2, 0.25) is 0 Å². The molecule has 0 aliphatic rings. The van der Waals surface area contributed by atoms with E-state index in [0.717, 1.165) is 22.9 Å². The average Bonchev–Trinajstić information content (AvgIpc) is 2.76. The van der Waals surface area contributed by atoms with Crippen LogP contribution in [0.1, 0.15) is 23.7 Å². The van der Waals surface area contributed by atoms with Crippen LogP contribution in [-0.2, 0) is 21.0 Å². The fourth-order valence-electron chi connectivity index (χ4n) is 3.06. The van der Waals surface area contributed by atoms with E-state index in [1.54, 1.807) is 18.2 Å². The van der Waals surface area contributed by atoms with Gasteiger partial charge < -0.3 is 10.4 Å². The van der Waals surface area contributed by atoms with Gasteiger partial charge >= 0.3 is 6.18 Å². The zero-order valence-electron chi connectivity index (χ0n) is 16.8. The number of alkyl halides is 3. The van der Waals surface area contributed by atoms with Crippen molar-refractivity contribution in [2.45, 2.75) is 23.6 Å². The van der Waals surface area contributed by atoms with Gasteiger partial charge in [0.25, 0.3) is 0 Å². The summed E-state index contributed by atoms with van der Waals surface area (Å²) in [5.41, 5.74) is -0.888. The number of carbonyl (C=O) groups is 1. The first-order chi connectivity index (χ1) is 15.1. The molecule has 3 aromatic carbocycles. The van der Waals surface area contributed by atoms with Crippen molar-refractivity contribution < 1.29 is 31.5 Å². The Morgan fingerprint density at radius 1 is 0.969 bits per heavy atom. The van der Waals surface area contributed by atoms with Crippen LogP contribution in [0.3, 0.4) is 0 Å². The summed E-state index contributed by atoms with van der Waals surface area (Å²) >= 11 is 0. The third kappa shape index (κ3) is 6.06. The predicted molar refractivity (Wildman–Crippen MR) is 113 cm³/mol. The maximum Gasteiger partial charge on any atom is 0.416 e. The smallest absolute Gasteiger partial charge is 0.387 e. The highest BCUT2D eigenvalue weighted by Crippen LogP contribution is 2.30. The zero-order valence-corrected chi connectivity index (χ0v) is 17.6. The second-order valence-corrected chi connectivity index (χ2v) is 8.87. The molecule has 0 saturated heterocycles. The van der Waals surface area contributed by atoms with Crippen LogP contribution in [-0.4, -0.2) is 32.5 Å². The van der Waals surface area contributed by atoms with Crippen LogP contribution in [0, 0.1) is 0 Å². The molecule has 0 heterocycles. The van der Waals surface area contributed by atoms with Crippen LogP contribution < -0.4 is 10.0 Å². The molecule has 1 atom stereocenters. The van der Waals surface area contributed by atoms with Crippen molar-refractivity contribution in [3.63, 3.8) is 0 Å². The van der Waals surface area contributed by atoms with Gasteiger partial charge in [0.1, 0.15) is 0 Å². The molecule has 6 nitrogen and oxygen atoms in total. The second-order valence-electron chi connectivity index (χ2n) is 7.10.